The molecule has 1 heterocycles. The fourth-order valence-corrected chi connectivity index (χ4v) is 5.01. The summed E-state index contributed by atoms with van der Waals surface area (Å²) >= 11 is 0. The molecule has 0 bridgehead atoms. The first-order valence-corrected chi connectivity index (χ1v) is 14.0. The maximum Gasteiger partial charge on any atom is 0.308 e. The molecule has 0 radical (unpaired) electrons. The molecule has 2 aromatic carbocycles. The van der Waals surface area contributed by atoms with Gasteiger partial charge in [0.2, 0.25) is 0 Å². The number of ketones is 2. The minimum Gasteiger partial charge on any atom is -0.506 e. The van der Waals surface area contributed by atoms with Crippen LogP contribution in [-0.4, -0.2) is 62.3 Å². The number of amides is 1. The van der Waals surface area contributed by atoms with E-state index in [0.717, 1.165) is 12.0 Å². The second-order valence-electron chi connectivity index (χ2n) is 10.8. The highest BCUT2D eigenvalue weighted by Gasteiger charge is 2.42. The topological polar surface area (TPSA) is 151 Å². The fourth-order valence-electron chi connectivity index (χ4n) is 5.01. The SMILES string of the molecule is CCCCN(C(=O)c1ccc2c(c1)C(=O)C(c1nc3ccc(C(C)C)cc3cc1O)C2=O)C(C)OC(=O)CCC(=O)O. The first kappa shape index (κ1) is 30.4. The summed E-state index contributed by atoms with van der Waals surface area (Å²) < 4.78 is 5.32. The van der Waals surface area contributed by atoms with Crippen LogP contribution in [-0.2, 0) is 14.3 Å². The average Bonchev–Trinajstić information content (AvgIpc) is 3.19. The van der Waals surface area contributed by atoms with Crippen LogP contribution in [0.3, 0.4) is 0 Å². The third-order valence-corrected chi connectivity index (χ3v) is 7.41. The summed E-state index contributed by atoms with van der Waals surface area (Å²) in [5.41, 5.74) is 1.87. The lowest BCUT2D eigenvalue weighted by Gasteiger charge is -2.29. The lowest BCUT2D eigenvalue weighted by Crippen LogP contribution is -2.42. The van der Waals surface area contributed by atoms with Gasteiger partial charge in [-0.2, -0.15) is 0 Å². The fraction of sp³-hybridized carbons (Fsp3) is 0.375. The largest absolute Gasteiger partial charge is 0.506 e. The van der Waals surface area contributed by atoms with E-state index >= 15 is 0 Å². The lowest BCUT2D eigenvalue weighted by atomic mass is 9.96. The number of carboxylic acid groups (broad SMARTS) is 1. The number of aromatic hydroxyl groups is 1. The Hall–Kier alpha value is -4.60. The molecular weight excluding hydrogens is 540 g/mol. The van der Waals surface area contributed by atoms with E-state index in [2.05, 4.69) is 4.98 Å². The zero-order valence-electron chi connectivity index (χ0n) is 24.0. The number of nitrogens with zero attached hydrogens (tertiary/aromatic N) is 2. The molecule has 0 fully saturated rings. The Morgan fingerprint density at radius 2 is 1.69 bits per heavy atom. The minimum atomic E-state index is -1.34. The Balaban J connectivity index is 1.61. The molecule has 2 unspecified atom stereocenters. The number of pyridine rings is 1. The van der Waals surface area contributed by atoms with Crippen LogP contribution in [0, 0.1) is 0 Å². The van der Waals surface area contributed by atoms with Gasteiger partial charge >= 0.3 is 11.9 Å². The number of ether oxygens (including phenoxy) is 1. The quantitative estimate of drug-likeness (QED) is 0.178. The van der Waals surface area contributed by atoms with Crippen molar-refractivity contribution in [1.29, 1.82) is 0 Å². The van der Waals surface area contributed by atoms with Crippen LogP contribution in [0.2, 0.25) is 0 Å². The van der Waals surface area contributed by atoms with Gasteiger partial charge < -0.3 is 19.8 Å². The molecule has 220 valence electrons. The molecule has 0 aliphatic heterocycles. The molecule has 2 N–H and O–H groups in total. The third-order valence-electron chi connectivity index (χ3n) is 7.41. The molecule has 1 amide bonds. The van der Waals surface area contributed by atoms with Crippen molar-refractivity contribution in [1.82, 2.24) is 9.88 Å². The Kier molecular flexibility index (Phi) is 9.04. The standard InChI is InChI=1S/C32H34N2O8/c1-5-6-13-34(18(4)42-27(38)12-11-26(36)37)32(41)20-7-9-22-23(15-20)31(40)28(30(22)39)29-25(35)16-21-14-19(17(2)3)8-10-24(21)33-29/h7-10,14-18,28,35H,5-6,11-13H2,1-4H3,(H,36,37). The van der Waals surface area contributed by atoms with Crippen LogP contribution in [0.1, 0.15) is 108 Å². The number of benzene rings is 2. The highest BCUT2D eigenvalue weighted by atomic mass is 16.6. The second-order valence-corrected chi connectivity index (χ2v) is 10.8. The number of fused-ring (bicyclic) bond motifs is 2. The van der Waals surface area contributed by atoms with Crippen molar-refractivity contribution in [3.63, 3.8) is 0 Å². The number of esters is 1. The van der Waals surface area contributed by atoms with Gasteiger partial charge in [-0.15, -0.1) is 0 Å². The van der Waals surface area contributed by atoms with Gasteiger partial charge in [0.1, 0.15) is 17.4 Å². The highest BCUT2D eigenvalue weighted by molar-refractivity contribution is 6.30. The number of aliphatic carboxylic acids is 1. The smallest absolute Gasteiger partial charge is 0.308 e. The van der Waals surface area contributed by atoms with Crippen LogP contribution >= 0.6 is 0 Å². The number of hydrogen-bond donors (Lipinski definition) is 2. The molecule has 1 aliphatic carbocycles. The van der Waals surface area contributed by atoms with Crippen molar-refractivity contribution in [2.45, 2.75) is 71.4 Å². The van der Waals surface area contributed by atoms with E-state index in [4.69, 9.17) is 9.84 Å². The van der Waals surface area contributed by atoms with Gasteiger partial charge in [-0.05, 0) is 61.2 Å². The summed E-state index contributed by atoms with van der Waals surface area (Å²) in [7, 11) is 0. The average molecular weight is 575 g/mol. The van der Waals surface area contributed by atoms with E-state index in [9.17, 15) is 29.1 Å². The van der Waals surface area contributed by atoms with Gasteiger partial charge in [0.05, 0.1) is 18.4 Å². The Morgan fingerprint density at radius 1 is 0.976 bits per heavy atom. The predicted octanol–water partition coefficient (Wildman–Crippen LogP) is 5.22. The van der Waals surface area contributed by atoms with E-state index in [1.165, 1.54) is 36.1 Å². The second kappa shape index (κ2) is 12.5. The number of unbranched alkanes of at least 4 members (excludes halogenated alkanes) is 1. The van der Waals surface area contributed by atoms with Crippen molar-refractivity contribution in [3.05, 3.63) is 70.4 Å². The van der Waals surface area contributed by atoms with Crippen LogP contribution in [0.15, 0.2) is 42.5 Å². The number of rotatable bonds is 11. The molecule has 0 saturated carbocycles. The van der Waals surface area contributed by atoms with Crippen LogP contribution in [0.25, 0.3) is 10.9 Å². The molecule has 3 aromatic rings. The van der Waals surface area contributed by atoms with Gasteiger partial charge in [0, 0.05) is 28.6 Å². The van der Waals surface area contributed by atoms with Crippen LogP contribution in [0.5, 0.6) is 5.75 Å². The minimum absolute atomic E-state index is 0.0367. The molecule has 2 atom stereocenters. The molecular formula is C32H34N2O8. The lowest BCUT2D eigenvalue weighted by molar-refractivity contribution is -0.157. The molecule has 10 heteroatoms. The van der Waals surface area contributed by atoms with Gasteiger partial charge in [-0.3, -0.25) is 24.0 Å². The summed E-state index contributed by atoms with van der Waals surface area (Å²) in [6.45, 7) is 7.80. The van der Waals surface area contributed by atoms with Gasteiger partial charge in [-0.1, -0.05) is 33.3 Å². The number of aromatic nitrogens is 1. The van der Waals surface area contributed by atoms with Crippen molar-refractivity contribution in [3.8, 4) is 5.75 Å². The van der Waals surface area contributed by atoms with E-state index in [1.54, 1.807) is 6.07 Å². The molecule has 1 aliphatic rings. The Labute approximate surface area is 243 Å². The monoisotopic (exact) mass is 574 g/mol. The summed E-state index contributed by atoms with van der Waals surface area (Å²) in [6.07, 6.45) is -0.348. The zero-order valence-corrected chi connectivity index (χ0v) is 24.0. The normalized spacial score (nSPS) is 15.1. The molecule has 0 spiro atoms. The maximum atomic E-state index is 13.5. The van der Waals surface area contributed by atoms with E-state index in [-0.39, 0.29) is 47.0 Å². The van der Waals surface area contributed by atoms with Gasteiger partial charge in [0.25, 0.3) is 5.91 Å². The number of carboxylic acids is 1. The van der Waals surface area contributed by atoms with Crippen molar-refractivity contribution in [2.75, 3.05) is 6.54 Å². The number of Topliss-reactive ketones (excluding diaryl/α,β-unsaturated/α-hetero) is 2. The first-order valence-electron chi connectivity index (χ1n) is 14.0. The van der Waals surface area contributed by atoms with Crippen LogP contribution in [0.4, 0.5) is 0 Å². The number of hydrogen-bond acceptors (Lipinski definition) is 8. The summed E-state index contributed by atoms with van der Waals surface area (Å²) in [4.78, 5) is 69.2. The highest BCUT2D eigenvalue weighted by Crippen LogP contribution is 2.38. The maximum absolute atomic E-state index is 13.5. The Morgan fingerprint density at radius 3 is 2.36 bits per heavy atom. The molecule has 1 aromatic heterocycles. The molecule has 10 nitrogen and oxygen atoms in total. The summed E-state index contributed by atoms with van der Waals surface area (Å²) in [5.74, 6) is -4.82. The molecule has 4 rings (SSSR count). The van der Waals surface area contributed by atoms with Crippen LogP contribution < -0.4 is 0 Å². The van der Waals surface area contributed by atoms with Gasteiger partial charge in [0.15, 0.2) is 17.8 Å². The van der Waals surface area contributed by atoms with E-state index < -0.39 is 48.0 Å². The Bertz CT molecular complexity index is 1580. The first-order chi connectivity index (χ1) is 19.9. The number of carbonyl (C=O) groups excluding carboxylic acids is 4. The third kappa shape index (κ3) is 6.17. The van der Waals surface area contributed by atoms with Gasteiger partial charge in [-0.25, -0.2) is 4.98 Å². The van der Waals surface area contributed by atoms with Crippen molar-refractivity contribution < 1.29 is 38.9 Å². The summed E-state index contributed by atoms with van der Waals surface area (Å²) in [5, 5.41) is 20.3. The number of carbonyl (C=O) groups is 5. The van der Waals surface area contributed by atoms with E-state index in [0.29, 0.717) is 17.3 Å². The zero-order chi connectivity index (χ0) is 30.7. The van der Waals surface area contributed by atoms with E-state index in [1.807, 2.05) is 32.9 Å². The molecule has 42 heavy (non-hydrogen) atoms. The van der Waals surface area contributed by atoms with Crippen molar-refractivity contribution >= 4 is 40.3 Å². The summed E-state index contributed by atoms with van der Waals surface area (Å²) in [6, 6.07) is 11.3. The van der Waals surface area contributed by atoms with Crippen molar-refractivity contribution in [2.24, 2.45) is 0 Å². The predicted molar refractivity (Wildman–Crippen MR) is 154 cm³/mol. The molecule has 0 saturated heterocycles.